The fourth-order valence-electron chi connectivity index (χ4n) is 2.27. The van der Waals surface area contributed by atoms with Gasteiger partial charge in [-0.2, -0.15) is 0 Å². The second-order valence-corrected chi connectivity index (χ2v) is 3.95. The highest BCUT2D eigenvalue weighted by molar-refractivity contribution is 4.94. The summed E-state index contributed by atoms with van der Waals surface area (Å²) in [6.45, 7) is 0.250. The predicted octanol–water partition coefficient (Wildman–Crippen LogP) is -0.562. The van der Waals surface area contributed by atoms with Gasteiger partial charge in [-0.1, -0.05) is 0 Å². The number of rotatable bonds is 6. The number of aliphatic hydroxyl groups excluding tert-OH is 1. The molecule has 1 saturated heterocycles. The Morgan fingerprint density at radius 2 is 1.41 bits per heavy atom. The van der Waals surface area contributed by atoms with Crippen LogP contribution in [0.2, 0.25) is 0 Å². The van der Waals surface area contributed by atoms with E-state index in [1.54, 1.807) is 28.4 Å². The molecule has 1 N–H and O–H groups in total. The van der Waals surface area contributed by atoms with E-state index in [1.165, 1.54) is 0 Å². The Bertz CT molecular complexity index is 212. The van der Waals surface area contributed by atoms with Crippen molar-refractivity contribution in [2.24, 2.45) is 0 Å². The molecule has 17 heavy (non-hydrogen) atoms. The molecular formula is C11H22O6. The van der Waals surface area contributed by atoms with Crippen LogP contribution in [-0.4, -0.2) is 77.3 Å². The van der Waals surface area contributed by atoms with Crippen LogP contribution in [-0.2, 0) is 23.7 Å². The van der Waals surface area contributed by atoms with E-state index >= 15 is 0 Å². The summed E-state index contributed by atoms with van der Waals surface area (Å²) in [5.41, 5.74) is 0. The molecule has 0 spiro atoms. The average Bonchev–Trinajstić information content (AvgIpc) is 2.37. The molecule has 0 aliphatic carbocycles. The van der Waals surface area contributed by atoms with E-state index in [2.05, 4.69) is 0 Å². The maximum atomic E-state index is 9.31. The average molecular weight is 250 g/mol. The van der Waals surface area contributed by atoms with Gasteiger partial charge in [0.2, 0.25) is 0 Å². The summed E-state index contributed by atoms with van der Waals surface area (Å²) < 4.78 is 26.9. The number of ether oxygens (including phenoxy) is 5. The van der Waals surface area contributed by atoms with Gasteiger partial charge < -0.3 is 28.8 Å². The topological polar surface area (TPSA) is 66.4 Å². The fourth-order valence-corrected chi connectivity index (χ4v) is 2.27. The molecule has 1 aliphatic rings. The lowest BCUT2D eigenvalue weighted by molar-refractivity contribution is -0.255. The van der Waals surface area contributed by atoms with Crippen molar-refractivity contribution in [2.75, 3.05) is 41.7 Å². The van der Waals surface area contributed by atoms with E-state index in [9.17, 15) is 5.11 Å². The summed E-state index contributed by atoms with van der Waals surface area (Å²) in [5, 5.41) is 9.31. The Kier molecular flexibility index (Phi) is 6.32. The number of hydrogen-bond donors (Lipinski definition) is 1. The Labute approximate surface area is 102 Å². The zero-order valence-electron chi connectivity index (χ0n) is 10.8. The molecule has 0 amide bonds. The van der Waals surface area contributed by atoms with E-state index in [-0.39, 0.29) is 31.0 Å². The monoisotopic (exact) mass is 250 g/mol. The molecule has 1 rings (SSSR count). The Morgan fingerprint density at radius 3 is 1.82 bits per heavy atom. The fraction of sp³-hybridized carbons (Fsp3) is 1.00. The number of methoxy groups -OCH3 is 4. The van der Waals surface area contributed by atoms with Crippen LogP contribution in [0.25, 0.3) is 0 Å². The van der Waals surface area contributed by atoms with Gasteiger partial charge in [0.15, 0.2) is 0 Å². The summed E-state index contributed by atoms with van der Waals surface area (Å²) in [7, 11) is 6.33. The van der Waals surface area contributed by atoms with Gasteiger partial charge in [0.05, 0.1) is 13.2 Å². The molecule has 0 saturated carbocycles. The second-order valence-electron chi connectivity index (χ2n) is 3.95. The molecule has 0 aromatic carbocycles. The predicted molar refractivity (Wildman–Crippen MR) is 60.0 cm³/mol. The molecule has 0 bridgehead atoms. The standard InChI is InChI=1S/C11H22O6/c1-13-6-8-10(15-3)11(16-4)9(14-2)7(5-12)17-8/h7-12H,5-6H2,1-4H3/t7-,8-,9+,10+,11-/m1/s1. The van der Waals surface area contributed by atoms with Crippen molar-refractivity contribution < 1.29 is 28.8 Å². The van der Waals surface area contributed by atoms with Crippen LogP contribution in [0.3, 0.4) is 0 Å². The first-order chi connectivity index (χ1) is 8.23. The van der Waals surface area contributed by atoms with Gasteiger partial charge in [0.25, 0.3) is 0 Å². The van der Waals surface area contributed by atoms with E-state index in [0.29, 0.717) is 6.61 Å². The van der Waals surface area contributed by atoms with Crippen LogP contribution in [0.4, 0.5) is 0 Å². The maximum Gasteiger partial charge on any atom is 0.115 e. The van der Waals surface area contributed by atoms with Gasteiger partial charge in [-0.15, -0.1) is 0 Å². The normalized spacial score (nSPS) is 38.3. The third-order valence-electron chi connectivity index (χ3n) is 3.06. The van der Waals surface area contributed by atoms with Crippen molar-refractivity contribution >= 4 is 0 Å². The van der Waals surface area contributed by atoms with Crippen molar-refractivity contribution in [1.29, 1.82) is 0 Å². The minimum Gasteiger partial charge on any atom is -0.394 e. The molecular weight excluding hydrogens is 228 g/mol. The van der Waals surface area contributed by atoms with Crippen LogP contribution in [0.1, 0.15) is 0 Å². The van der Waals surface area contributed by atoms with E-state index in [0.717, 1.165) is 0 Å². The van der Waals surface area contributed by atoms with Crippen LogP contribution >= 0.6 is 0 Å². The van der Waals surface area contributed by atoms with Crippen LogP contribution in [0, 0.1) is 0 Å². The third-order valence-corrected chi connectivity index (χ3v) is 3.06. The zero-order valence-corrected chi connectivity index (χ0v) is 10.8. The number of aliphatic hydroxyl groups is 1. The minimum absolute atomic E-state index is 0.130. The van der Waals surface area contributed by atoms with Gasteiger partial charge in [0, 0.05) is 28.4 Å². The van der Waals surface area contributed by atoms with Crippen molar-refractivity contribution in [1.82, 2.24) is 0 Å². The smallest absolute Gasteiger partial charge is 0.115 e. The van der Waals surface area contributed by atoms with Crippen molar-refractivity contribution in [3.05, 3.63) is 0 Å². The van der Waals surface area contributed by atoms with Gasteiger partial charge in [0.1, 0.15) is 30.5 Å². The first-order valence-electron chi connectivity index (χ1n) is 5.57. The summed E-state index contributed by atoms with van der Waals surface area (Å²) >= 11 is 0. The van der Waals surface area contributed by atoms with Crippen LogP contribution < -0.4 is 0 Å². The van der Waals surface area contributed by atoms with Gasteiger partial charge in [-0.05, 0) is 0 Å². The largest absolute Gasteiger partial charge is 0.394 e. The van der Waals surface area contributed by atoms with Gasteiger partial charge >= 0.3 is 0 Å². The second kappa shape index (κ2) is 7.25. The lowest BCUT2D eigenvalue weighted by Crippen LogP contribution is -2.61. The highest BCUT2D eigenvalue weighted by Crippen LogP contribution is 2.27. The molecule has 0 radical (unpaired) electrons. The lowest BCUT2D eigenvalue weighted by atomic mass is 9.95. The van der Waals surface area contributed by atoms with Crippen LogP contribution in [0.15, 0.2) is 0 Å². The zero-order chi connectivity index (χ0) is 12.8. The SMILES string of the molecule is COC[C@H]1O[C@H](CO)[C@H](OC)[C@@H](OC)[C@H]1OC. The summed E-state index contributed by atoms with van der Waals surface area (Å²) in [5.74, 6) is 0. The Balaban J connectivity index is 2.84. The Morgan fingerprint density at radius 1 is 0.882 bits per heavy atom. The molecule has 0 aromatic rings. The minimum atomic E-state index is -0.434. The quantitative estimate of drug-likeness (QED) is 0.681. The highest BCUT2D eigenvalue weighted by atomic mass is 16.6. The third kappa shape index (κ3) is 3.15. The molecule has 1 aliphatic heterocycles. The first-order valence-corrected chi connectivity index (χ1v) is 5.57. The molecule has 102 valence electrons. The first kappa shape index (κ1) is 14.8. The van der Waals surface area contributed by atoms with Crippen molar-refractivity contribution in [3.8, 4) is 0 Å². The van der Waals surface area contributed by atoms with E-state index in [4.69, 9.17) is 23.7 Å². The highest BCUT2D eigenvalue weighted by Gasteiger charge is 2.46. The van der Waals surface area contributed by atoms with Crippen molar-refractivity contribution in [2.45, 2.75) is 30.5 Å². The molecule has 6 nitrogen and oxygen atoms in total. The summed E-state index contributed by atoms with van der Waals surface area (Å²) in [4.78, 5) is 0. The molecule has 1 heterocycles. The number of hydrogen-bond acceptors (Lipinski definition) is 6. The molecule has 5 atom stereocenters. The summed E-state index contributed by atoms with van der Waals surface area (Å²) in [6.07, 6.45) is -1.65. The van der Waals surface area contributed by atoms with Crippen LogP contribution in [0.5, 0.6) is 0 Å². The van der Waals surface area contributed by atoms with E-state index in [1.807, 2.05) is 0 Å². The van der Waals surface area contributed by atoms with Gasteiger partial charge in [-0.25, -0.2) is 0 Å². The lowest BCUT2D eigenvalue weighted by Gasteiger charge is -2.44. The molecule has 6 heteroatoms. The maximum absolute atomic E-state index is 9.31. The summed E-state index contributed by atoms with van der Waals surface area (Å²) in [6, 6.07) is 0. The van der Waals surface area contributed by atoms with E-state index < -0.39 is 6.10 Å². The van der Waals surface area contributed by atoms with Crippen molar-refractivity contribution in [3.63, 3.8) is 0 Å². The Hall–Kier alpha value is -0.240. The van der Waals surface area contributed by atoms with Gasteiger partial charge in [-0.3, -0.25) is 0 Å². The molecule has 0 aromatic heterocycles. The molecule has 1 fully saturated rings. The molecule has 0 unspecified atom stereocenters.